The number of hydrogen-bond donors (Lipinski definition) is 0. The maximum Gasteiger partial charge on any atom is 0.150 e. The Morgan fingerprint density at radius 2 is 2.45 bits per heavy atom. The molecule has 0 spiro atoms. The Morgan fingerprint density at radius 3 is 3.09 bits per heavy atom. The Morgan fingerprint density at radius 1 is 1.64 bits per heavy atom. The van der Waals surface area contributed by atoms with E-state index in [1.807, 2.05) is 0 Å². The van der Waals surface area contributed by atoms with Gasteiger partial charge < -0.3 is 0 Å². The first-order valence-electron chi connectivity index (χ1n) is 3.21. The van der Waals surface area contributed by atoms with E-state index in [2.05, 4.69) is 16.8 Å². The molecule has 0 amide bonds. The summed E-state index contributed by atoms with van der Waals surface area (Å²) in [6, 6.07) is 3.30. The molecule has 0 N–H and O–H groups in total. The van der Waals surface area contributed by atoms with E-state index < -0.39 is 0 Å². The fraction of sp³-hybridized carbons (Fsp3) is 0.111. The van der Waals surface area contributed by atoms with Crippen LogP contribution in [0, 0.1) is 11.8 Å². The molecule has 0 bridgehead atoms. The van der Waals surface area contributed by atoms with Crippen LogP contribution in [-0.4, -0.2) is 11.3 Å². The van der Waals surface area contributed by atoms with Gasteiger partial charge >= 0.3 is 0 Å². The van der Waals surface area contributed by atoms with Gasteiger partial charge in [-0.25, -0.2) is 4.98 Å². The highest BCUT2D eigenvalue weighted by molar-refractivity contribution is 5.74. The molecule has 0 saturated carbocycles. The lowest BCUT2D eigenvalue weighted by Gasteiger charge is -1.89. The lowest BCUT2D eigenvalue weighted by atomic mass is 10.2. The summed E-state index contributed by atoms with van der Waals surface area (Å²) in [5, 5.41) is 0. The van der Waals surface area contributed by atoms with Gasteiger partial charge in [-0.2, -0.15) is 0 Å². The first-order valence-corrected chi connectivity index (χ1v) is 3.21. The van der Waals surface area contributed by atoms with E-state index in [1.54, 1.807) is 25.3 Å². The number of carbonyl (C=O) groups is 1. The van der Waals surface area contributed by atoms with Gasteiger partial charge in [0.2, 0.25) is 0 Å². The molecule has 0 aliphatic carbocycles. The Hall–Kier alpha value is -1.62. The van der Waals surface area contributed by atoms with E-state index in [0.717, 1.165) is 6.29 Å². The maximum atomic E-state index is 10.3. The molecule has 0 fully saturated rings. The van der Waals surface area contributed by atoms with Crippen LogP contribution in [0.25, 0.3) is 0 Å². The second-order valence-corrected chi connectivity index (χ2v) is 1.97. The van der Waals surface area contributed by atoms with E-state index in [4.69, 9.17) is 0 Å². The molecule has 1 aromatic rings. The van der Waals surface area contributed by atoms with Crippen LogP contribution in [0.3, 0.4) is 0 Å². The Bertz CT molecular complexity index is 320. The molecule has 54 valence electrons. The minimum absolute atomic E-state index is 0.609. The lowest BCUT2D eigenvalue weighted by Crippen LogP contribution is -1.85. The summed E-state index contributed by atoms with van der Waals surface area (Å²) in [5.41, 5.74) is 1.25. The average molecular weight is 145 g/mol. The first kappa shape index (κ1) is 7.49. The van der Waals surface area contributed by atoms with Crippen LogP contribution in [0.4, 0.5) is 0 Å². The lowest BCUT2D eigenvalue weighted by molar-refractivity contribution is 0.112. The summed E-state index contributed by atoms with van der Waals surface area (Å²) in [6.45, 7) is 1.73. The van der Waals surface area contributed by atoms with Crippen LogP contribution in [0.1, 0.15) is 23.0 Å². The SMILES string of the molecule is CC#Cc1cc(C=O)ccn1. The number of carbonyl (C=O) groups excluding carboxylic acids is 1. The summed E-state index contributed by atoms with van der Waals surface area (Å²) < 4.78 is 0. The van der Waals surface area contributed by atoms with Gasteiger partial charge in [0.25, 0.3) is 0 Å². The van der Waals surface area contributed by atoms with Crippen molar-refractivity contribution >= 4 is 6.29 Å². The summed E-state index contributed by atoms with van der Waals surface area (Å²) in [5.74, 6) is 5.47. The minimum atomic E-state index is 0.609. The van der Waals surface area contributed by atoms with Crippen molar-refractivity contribution in [2.75, 3.05) is 0 Å². The van der Waals surface area contributed by atoms with Crippen molar-refractivity contribution in [3.8, 4) is 11.8 Å². The monoisotopic (exact) mass is 145 g/mol. The van der Waals surface area contributed by atoms with E-state index in [0.29, 0.717) is 11.3 Å². The molecule has 2 heteroatoms. The predicted molar refractivity (Wildman–Crippen MR) is 42.2 cm³/mol. The minimum Gasteiger partial charge on any atom is -0.298 e. The van der Waals surface area contributed by atoms with Gasteiger partial charge in [0, 0.05) is 11.8 Å². The van der Waals surface area contributed by atoms with Crippen molar-refractivity contribution in [1.29, 1.82) is 0 Å². The third-order valence-electron chi connectivity index (χ3n) is 1.17. The van der Waals surface area contributed by atoms with Gasteiger partial charge in [-0.1, -0.05) is 5.92 Å². The molecule has 0 aliphatic rings. The third-order valence-corrected chi connectivity index (χ3v) is 1.17. The normalized spacial score (nSPS) is 8.09. The van der Waals surface area contributed by atoms with Crippen molar-refractivity contribution in [1.82, 2.24) is 4.98 Å². The summed E-state index contributed by atoms with van der Waals surface area (Å²) in [6.07, 6.45) is 2.35. The third kappa shape index (κ3) is 1.91. The highest BCUT2D eigenvalue weighted by Gasteiger charge is 1.90. The second-order valence-electron chi connectivity index (χ2n) is 1.97. The average Bonchev–Trinajstić information content (AvgIpc) is 2.06. The zero-order valence-corrected chi connectivity index (χ0v) is 6.16. The molecule has 0 unspecified atom stereocenters. The summed E-state index contributed by atoms with van der Waals surface area (Å²) in [7, 11) is 0. The van der Waals surface area contributed by atoms with Gasteiger partial charge in [0.1, 0.15) is 12.0 Å². The predicted octanol–water partition coefficient (Wildman–Crippen LogP) is 1.27. The smallest absolute Gasteiger partial charge is 0.150 e. The van der Waals surface area contributed by atoms with Crippen molar-refractivity contribution < 1.29 is 4.79 Å². The van der Waals surface area contributed by atoms with E-state index >= 15 is 0 Å². The standard InChI is InChI=1S/C9H7NO/c1-2-3-9-6-8(7-11)4-5-10-9/h4-7H,1H3. The summed E-state index contributed by atoms with van der Waals surface area (Å²) >= 11 is 0. The van der Waals surface area contributed by atoms with E-state index in [9.17, 15) is 4.79 Å². The number of hydrogen-bond acceptors (Lipinski definition) is 2. The number of nitrogens with zero attached hydrogens (tertiary/aromatic N) is 1. The van der Waals surface area contributed by atoms with E-state index in [1.165, 1.54) is 0 Å². The van der Waals surface area contributed by atoms with Crippen LogP contribution in [-0.2, 0) is 0 Å². The number of aromatic nitrogens is 1. The maximum absolute atomic E-state index is 10.3. The molecule has 0 aromatic carbocycles. The van der Waals surface area contributed by atoms with Gasteiger partial charge in [0.15, 0.2) is 0 Å². The Kier molecular flexibility index (Phi) is 2.40. The van der Waals surface area contributed by atoms with Crippen molar-refractivity contribution in [3.63, 3.8) is 0 Å². The molecular weight excluding hydrogens is 138 g/mol. The highest BCUT2D eigenvalue weighted by atomic mass is 16.1. The van der Waals surface area contributed by atoms with Crippen LogP contribution >= 0.6 is 0 Å². The molecule has 11 heavy (non-hydrogen) atoms. The molecule has 0 saturated heterocycles. The zero-order chi connectivity index (χ0) is 8.10. The molecular formula is C9H7NO. The Labute approximate surface area is 65.3 Å². The first-order chi connectivity index (χ1) is 5.36. The van der Waals surface area contributed by atoms with Crippen molar-refractivity contribution in [2.45, 2.75) is 6.92 Å². The van der Waals surface area contributed by atoms with Crippen LogP contribution in [0.2, 0.25) is 0 Å². The second kappa shape index (κ2) is 3.52. The summed E-state index contributed by atoms with van der Waals surface area (Å²) in [4.78, 5) is 14.2. The van der Waals surface area contributed by atoms with Gasteiger partial charge in [-0.3, -0.25) is 4.79 Å². The molecule has 1 rings (SSSR count). The van der Waals surface area contributed by atoms with Crippen molar-refractivity contribution in [3.05, 3.63) is 29.6 Å². The zero-order valence-electron chi connectivity index (χ0n) is 6.16. The largest absolute Gasteiger partial charge is 0.298 e. The quantitative estimate of drug-likeness (QED) is 0.440. The number of aldehydes is 1. The molecule has 2 nitrogen and oxygen atoms in total. The molecule has 1 aromatic heterocycles. The van der Waals surface area contributed by atoms with Gasteiger partial charge in [-0.05, 0) is 25.0 Å². The molecule has 1 heterocycles. The molecule has 0 atom stereocenters. The fourth-order valence-corrected chi connectivity index (χ4v) is 0.717. The molecule has 0 radical (unpaired) electrons. The Balaban J connectivity index is 3.06. The topological polar surface area (TPSA) is 30.0 Å². The van der Waals surface area contributed by atoms with Crippen LogP contribution in [0.15, 0.2) is 18.3 Å². The number of pyridine rings is 1. The van der Waals surface area contributed by atoms with Gasteiger partial charge in [-0.15, -0.1) is 0 Å². The fourth-order valence-electron chi connectivity index (χ4n) is 0.717. The van der Waals surface area contributed by atoms with Crippen LogP contribution in [0.5, 0.6) is 0 Å². The molecule has 0 aliphatic heterocycles. The van der Waals surface area contributed by atoms with E-state index in [-0.39, 0.29) is 0 Å². The number of rotatable bonds is 1. The highest BCUT2D eigenvalue weighted by Crippen LogP contribution is 1.96. The van der Waals surface area contributed by atoms with Crippen LogP contribution < -0.4 is 0 Å². The van der Waals surface area contributed by atoms with Gasteiger partial charge in [0.05, 0.1) is 0 Å². The van der Waals surface area contributed by atoms with Crippen molar-refractivity contribution in [2.24, 2.45) is 0 Å².